The average Bonchev–Trinajstić information content (AvgIpc) is 3.28. The summed E-state index contributed by atoms with van der Waals surface area (Å²) in [6.07, 6.45) is 2.07. The van der Waals surface area contributed by atoms with Gasteiger partial charge >= 0.3 is 0 Å². The Hall–Kier alpha value is -2.01. The van der Waals surface area contributed by atoms with Crippen LogP contribution in [-0.2, 0) is 19.4 Å². The number of nitrogens with two attached hydrogens (primary N) is 1. The fourth-order valence-corrected chi connectivity index (χ4v) is 4.55. The molecule has 1 fully saturated rings. The lowest BCUT2D eigenvalue weighted by Crippen LogP contribution is -2.28. The largest absolute Gasteiger partial charge is 0.326 e. The Balaban J connectivity index is 1.33. The Kier molecular flexibility index (Phi) is 5.44. The third kappa shape index (κ3) is 4.21. The maximum absolute atomic E-state index is 6.41. The zero-order chi connectivity index (χ0) is 17.8. The molecular weight excluding hydrogens is 338 g/mol. The summed E-state index contributed by atoms with van der Waals surface area (Å²) in [5, 5.41) is 3.44. The van der Waals surface area contributed by atoms with E-state index in [-0.39, 0.29) is 6.04 Å². The molecule has 0 unspecified atom stereocenters. The summed E-state index contributed by atoms with van der Waals surface area (Å²) < 4.78 is 0. The van der Waals surface area contributed by atoms with Crippen LogP contribution in [0.1, 0.15) is 27.7 Å². The molecule has 3 aromatic rings. The van der Waals surface area contributed by atoms with E-state index in [0.717, 1.165) is 32.5 Å². The van der Waals surface area contributed by atoms with Gasteiger partial charge in [0.25, 0.3) is 0 Å². The van der Waals surface area contributed by atoms with Crippen molar-refractivity contribution in [1.82, 2.24) is 9.88 Å². The molecule has 4 rings (SSSR count). The van der Waals surface area contributed by atoms with Crippen molar-refractivity contribution in [3.63, 3.8) is 0 Å². The van der Waals surface area contributed by atoms with E-state index in [2.05, 4.69) is 70.9 Å². The van der Waals surface area contributed by atoms with Gasteiger partial charge in [0.2, 0.25) is 0 Å². The summed E-state index contributed by atoms with van der Waals surface area (Å²) in [4.78, 5) is 7.29. The Morgan fingerprint density at radius 1 is 0.962 bits per heavy atom. The average molecular weight is 364 g/mol. The molecule has 3 nitrogen and oxygen atoms in total. The van der Waals surface area contributed by atoms with E-state index in [4.69, 9.17) is 10.7 Å². The standard InChI is InChI=1S/C22H25N3S/c23-21-15-25(14-20(21)18-9-5-2-6-10-18)13-19-16-26-22(24-19)12-11-17-7-3-1-4-8-17/h1-10,16,20-21H,11-15,23H2/t20-,21+/m0/s1. The van der Waals surface area contributed by atoms with Gasteiger partial charge < -0.3 is 5.73 Å². The van der Waals surface area contributed by atoms with E-state index >= 15 is 0 Å². The molecule has 2 atom stereocenters. The summed E-state index contributed by atoms with van der Waals surface area (Å²) in [6, 6.07) is 21.5. The second kappa shape index (κ2) is 8.12. The second-order valence-corrected chi connectivity index (χ2v) is 8.04. The Morgan fingerprint density at radius 3 is 2.46 bits per heavy atom. The zero-order valence-electron chi connectivity index (χ0n) is 14.9. The lowest BCUT2D eigenvalue weighted by molar-refractivity contribution is 0.320. The van der Waals surface area contributed by atoms with Crippen LogP contribution in [0.25, 0.3) is 0 Å². The van der Waals surface area contributed by atoms with Crippen LogP contribution in [0, 0.1) is 0 Å². The SMILES string of the molecule is N[C@@H]1CN(Cc2csc(CCc3ccccc3)n2)C[C@H]1c1ccccc1. The highest BCUT2D eigenvalue weighted by Crippen LogP contribution is 2.27. The summed E-state index contributed by atoms with van der Waals surface area (Å²) in [5.41, 5.74) is 10.3. The summed E-state index contributed by atoms with van der Waals surface area (Å²) in [7, 11) is 0. The molecule has 1 aliphatic rings. The van der Waals surface area contributed by atoms with Crippen molar-refractivity contribution in [1.29, 1.82) is 0 Å². The van der Waals surface area contributed by atoms with Crippen LogP contribution in [0.5, 0.6) is 0 Å². The first-order chi connectivity index (χ1) is 12.8. The van der Waals surface area contributed by atoms with E-state index in [1.165, 1.54) is 21.8 Å². The van der Waals surface area contributed by atoms with Crippen molar-refractivity contribution in [3.8, 4) is 0 Å². The summed E-state index contributed by atoms with van der Waals surface area (Å²) >= 11 is 1.78. The minimum absolute atomic E-state index is 0.202. The van der Waals surface area contributed by atoms with Crippen molar-refractivity contribution in [2.24, 2.45) is 5.73 Å². The third-order valence-corrected chi connectivity index (χ3v) is 6.08. The van der Waals surface area contributed by atoms with E-state index in [0.29, 0.717) is 5.92 Å². The smallest absolute Gasteiger partial charge is 0.0932 e. The van der Waals surface area contributed by atoms with Crippen LogP contribution in [0.4, 0.5) is 0 Å². The summed E-state index contributed by atoms with van der Waals surface area (Å²) in [6.45, 7) is 2.86. The molecule has 0 amide bonds. The van der Waals surface area contributed by atoms with Crippen LogP contribution in [0.3, 0.4) is 0 Å². The van der Waals surface area contributed by atoms with E-state index in [1.54, 1.807) is 11.3 Å². The Morgan fingerprint density at radius 2 is 1.69 bits per heavy atom. The zero-order valence-corrected chi connectivity index (χ0v) is 15.7. The first-order valence-corrected chi connectivity index (χ1v) is 10.2. The number of rotatable bonds is 6. The molecule has 2 aromatic carbocycles. The number of hydrogen-bond donors (Lipinski definition) is 1. The molecule has 0 radical (unpaired) electrons. The van der Waals surface area contributed by atoms with Crippen LogP contribution in [-0.4, -0.2) is 29.0 Å². The number of aryl methyl sites for hydroxylation is 2. The van der Waals surface area contributed by atoms with Gasteiger partial charge in [0.15, 0.2) is 0 Å². The van der Waals surface area contributed by atoms with Gasteiger partial charge in [0, 0.05) is 43.4 Å². The molecule has 0 spiro atoms. The fraction of sp³-hybridized carbons (Fsp3) is 0.318. The van der Waals surface area contributed by atoms with Crippen LogP contribution < -0.4 is 5.73 Å². The quantitative estimate of drug-likeness (QED) is 0.723. The van der Waals surface area contributed by atoms with Gasteiger partial charge in [-0.3, -0.25) is 4.90 Å². The molecule has 1 aromatic heterocycles. The van der Waals surface area contributed by atoms with Crippen molar-refractivity contribution in [2.75, 3.05) is 13.1 Å². The highest BCUT2D eigenvalue weighted by molar-refractivity contribution is 7.09. The number of hydrogen-bond acceptors (Lipinski definition) is 4. The fourth-order valence-electron chi connectivity index (χ4n) is 3.76. The van der Waals surface area contributed by atoms with Gasteiger partial charge in [0.1, 0.15) is 0 Å². The maximum Gasteiger partial charge on any atom is 0.0932 e. The van der Waals surface area contributed by atoms with Gasteiger partial charge in [-0.1, -0.05) is 60.7 Å². The molecule has 0 aliphatic carbocycles. The lowest BCUT2D eigenvalue weighted by Gasteiger charge is -2.15. The number of benzene rings is 2. The third-order valence-electron chi connectivity index (χ3n) is 5.12. The Labute approximate surface area is 159 Å². The highest BCUT2D eigenvalue weighted by Gasteiger charge is 2.31. The lowest BCUT2D eigenvalue weighted by atomic mass is 9.95. The van der Waals surface area contributed by atoms with E-state index in [9.17, 15) is 0 Å². The minimum Gasteiger partial charge on any atom is -0.326 e. The first-order valence-electron chi connectivity index (χ1n) is 9.28. The van der Waals surface area contributed by atoms with E-state index in [1.807, 2.05) is 0 Å². The molecule has 26 heavy (non-hydrogen) atoms. The summed E-state index contributed by atoms with van der Waals surface area (Å²) in [5.74, 6) is 0.424. The normalized spacial score (nSPS) is 20.5. The molecule has 0 saturated carbocycles. The number of thiazole rings is 1. The van der Waals surface area contributed by atoms with Gasteiger partial charge in [0.05, 0.1) is 10.7 Å². The van der Waals surface area contributed by atoms with Crippen LogP contribution >= 0.6 is 11.3 Å². The second-order valence-electron chi connectivity index (χ2n) is 7.09. The predicted octanol–water partition coefficient (Wildman–Crippen LogP) is 3.86. The van der Waals surface area contributed by atoms with Gasteiger partial charge in [-0.2, -0.15) is 0 Å². The van der Waals surface area contributed by atoms with Gasteiger partial charge in [-0.15, -0.1) is 11.3 Å². The minimum atomic E-state index is 0.202. The molecule has 1 saturated heterocycles. The van der Waals surface area contributed by atoms with Gasteiger partial charge in [-0.05, 0) is 17.5 Å². The predicted molar refractivity (Wildman–Crippen MR) is 108 cm³/mol. The molecule has 2 N–H and O–H groups in total. The van der Waals surface area contributed by atoms with E-state index < -0.39 is 0 Å². The monoisotopic (exact) mass is 363 g/mol. The van der Waals surface area contributed by atoms with Crippen molar-refractivity contribution in [3.05, 3.63) is 87.9 Å². The van der Waals surface area contributed by atoms with Crippen molar-refractivity contribution >= 4 is 11.3 Å². The Bertz CT molecular complexity index is 816. The van der Waals surface area contributed by atoms with Crippen LogP contribution in [0.15, 0.2) is 66.0 Å². The number of likely N-dealkylation sites (tertiary alicyclic amines) is 1. The highest BCUT2D eigenvalue weighted by atomic mass is 32.1. The maximum atomic E-state index is 6.41. The van der Waals surface area contributed by atoms with Crippen LogP contribution in [0.2, 0.25) is 0 Å². The molecule has 4 heteroatoms. The van der Waals surface area contributed by atoms with Crippen molar-refractivity contribution in [2.45, 2.75) is 31.3 Å². The number of nitrogens with zero attached hydrogens (tertiary/aromatic N) is 2. The molecular formula is C22H25N3S. The topological polar surface area (TPSA) is 42.1 Å². The molecule has 134 valence electrons. The molecule has 1 aliphatic heterocycles. The molecule has 2 heterocycles. The van der Waals surface area contributed by atoms with Gasteiger partial charge in [-0.25, -0.2) is 4.98 Å². The number of aromatic nitrogens is 1. The van der Waals surface area contributed by atoms with Crippen molar-refractivity contribution < 1.29 is 0 Å². The first kappa shape index (κ1) is 17.4. The molecule has 0 bridgehead atoms.